The van der Waals surface area contributed by atoms with Gasteiger partial charge < -0.3 is 0 Å². The standard InChI is InChI=1S/C19H10ClF3N2S/c20-16-7-3-13(4-8-16)17-11-26-18(25-17)14(10-24)9-12-1-5-15(6-2-12)19(21,22)23/h1-9,11H/b14-9-. The van der Waals surface area contributed by atoms with Crippen LogP contribution in [0.3, 0.4) is 0 Å². The smallest absolute Gasteiger partial charge is 0.235 e. The van der Waals surface area contributed by atoms with E-state index in [4.69, 9.17) is 11.6 Å². The zero-order valence-corrected chi connectivity index (χ0v) is 14.7. The van der Waals surface area contributed by atoms with E-state index in [0.717, 1.165) is 17.7 Å². The fourth-order valence-corrected chi connectivity index (χ4v) is 3.15. The number of rotatable bonds is 3. The van der Waals surface area contributed by atoms with Crippen molar-refractivity contribution in [2.24, 2.45) is 0 Å². The summed E-state index contributed by atoms with van der Waals surface area (Å²) in [5.41, 5.74) is 1.62. The number of aromatic nitrogens is 1. The summed E-state index contributed by atoms with van der Waals surface area (Å²) in [5.74, 6) is 0. The third-order valence-corrected chi connectivity index (χ3v) is 4.67. The van der Waals surface area contributed by atoms with Crippen molar-refractivity contribution in [2.75, 3.05) is 0 Å². The highest BCUT2D eigenvalue weighted by atomic mass is 35.5. The van der Waals surface area contributed by atoms with Crippen molar-refractivity contribution in [3.63, 3.8) is 0 Å². The number of allylic oxidation sites excluding steroid dienone is 1. The van der Waals surface area contributed by atoms with Crippen LogP contribution in [0.15, 0.2) is 53.9 Å². The highest BCUT2D eigenvalue weighted by Gasteiger charge is 2.29. The third-order valence-electron chi connectivity index (χ3n) is 3.54. The fourth-order valence-electron chi connectivity index (χ4n) is 2.23. The normalized spacial score (nSPS) is 12.0. The lowest BCUT2D eigenvalue weighted by Gasteiger charge is -2.06. The van der Waals surface area contributed by atoms with Gasteiger partial charge >= 0.3 is 6.18 Å². The van der Waals surface area contributed by atoms with Crippen LogP contribution in [0.5, 0.6) is 0 Å². The summed E-state index contributed by atoms with van der Waals surface area (Å²) in [4.78, 5) is 4.44. The molecule has 2 aromatic carbocycles. The molecule has 0 atom stereocenters. The van der Waals surface area contributed by atoms with Crippen LogP contribution >= 0.6 is 22.9 Å². The van der Waals surface area contributed by atoms with E-state index in [1.165, 1.54) is 29.5 Å². The van der Waals surface area contributed by atoms with Crippen LogP contribution in [-0.2, 0) is 6.18 Å². The molecule has 3 rings (SSSR count). The number of hydrogen-bond acceptors (Lipinski definition) is 3. The van der Waals surface area contributed by atoms with Crippen molar-refractivity contribution in [3.05, 3.63) is 75.1 Å². The summed E-state index contributed by atoms with van der Waals surface area (Å²) in [6.07, 6.45) is -2.87. The van der Waals surface area contributed by atoms with Gasteiger partial charge in [-0.15, -0.1) is 11.3 Å². The Labute approximate surface area is 156 Å². The maximum absolute atomic E-state index is 12.6. The van der Waals surface area contributed by atoms with E-state index >= 15 is 0 Å². The summed E-state index contributed by atoms with van der Waals surface area (Å²) < 4.78 is 37.9. The van der Waals surface area contributed by atoms with Gasteiger partial charge in [0.05, 0.1) is 16.8 Å². The lowest BCUT2D eigenvalue weighted by molar-refractivity contribution is -0.137. The maximum atomic E-state index is 12.6. The predicted octanol–water partition coefficient (Wildman–Crippen LogP) is 6.55. The Balaban J connectivity index is 1.88. The molecule has 7 heteroatoms. The van der Waals surface area contributed by atoms with Gasteiger partial charge in [0.25, 0.3) is 0 Å². The highest BCUT2D eigenvalue weighted by molar-refractivity contribution is 7.11. The molecule has 0 aliphatic heterocycles. The summed E-state index contributed by atoms with van der Waals surface area (Å²) in [6, 6.07) is 13.8. The first-order valence-corrected chi connectivity index (χ1v) is 8.63. The molecule has 0 saturated carbocycles. The topological polar surface area (TPSA) is 36.7 Å². The van der Waals surface area contributed by atoms with Gasteiger partial charge in [0, 0.05) is 16.0 Å². The number of thiazole rings is 1. The lowest BCUT2D eigenvalue weighted by Crippen LogP contribution is -2.03. The van der Waals surface area contributed by atoms with E-state index in [2.05, 4.69) is 11.1 Å². The first kappa shape index (κ1) is 18.2. The van der Waals surface area contributed by atoms with Gasteiger partial charge in [-0.2, -0.15) is 18.4 Å². The number of hydrogen-bond donors (Lipinski definition) is 0. The number of alkyl halides is 3. The molecule has 2 nitrogen and oxygen atoms in total. The van der Waals surface area contributed by atoms with Crippen LogP contribution in [0.25, 0.3) is 22.9 Å². The number of nitrogens with zero attached hydrogens (tertiary/aromatic N) is 2. The van der Waals surface area contributed by atoms with Gasteiger partial charge in [0.2, 0.25) is 0 Å². The van der Waals surface area contributed by atoms with Gasteiger partial charge in [-0.25, -0.2) is 4.98 Å². The SMILES string of the molecule is N#C/C(=C/c1ccc(C(F)(F)F)cc1)c1nc(-c2ccc(Cl)cc2)cs1. The van der Waals surface area contributed by atoms with E-state index in [1.54, 1.807) is 12.1 Å². The molecule has 0 saturated heterocycles. The Hall–Kier alpha value is -2.62. The van der Waals surface area contributed by atoms with Gasteiger partial charge in [0.1, 0.15) is 11.1 Å². The zero-order chi connectivity index (χ0) is 18.7. The number of benzene rings is 2. The summed E-state index contributed by atoms with van der Waals surface area (Å²) in [6.45, 7) is 0. The fraction of sp³-hybridized carbons (Fsp3) is 0.0526. The number of nitriles is 1. The molecule has 0 aliphatic rings. The first-order chi connectivity index (χ1) is 12.4. The summed E-state index contributed by atoms with van der Waals surface area (Å²) in [7, 11) is 0. The molecule has 26 heavy (non-hydrogen) atoms. The van der Waals surface area contributed by atoms with Crippen molar-refractivity contribution < 1.29 is 13.2 Å². The Morgan fingerprint density at radius 3 is 2.31 bits per heavy atom. The minimum Gasteiger partial charge on any atom is -0.235 e. The van der Waals surface area contributed by atoms with E-state index < -0.39 is 11.7 Å². The van der Waals surface area contributed by atoms with Crippen molar-refractivity contribution in [3.8, 4) is 17.3 Å². The van der Waals surface area contributed by atoms with Gasteiger partial charge in [-0.3, -0.25) is 0 Å². The van der Waals surface area contributed by atoms with Gasteiger partial charge in [-0.1, -0.05) is 35.9 Å². The molecule has 0 spiro atoms. The quantitative estimate of drug-likeness (QED) is 0.475. The second kappa shape index (κ2) is 7.32. The largest absolute Gasteiger partial charge is 0.416 e. The van der Waals surface area contributed by atoms with E-state index in [-0.39, 0.29) is 5.57 Å². The third kappa shape index (κ3) is 4.13. The van der Waals surface area contributed by atoms with Crippen LogP contribution in [0.2, 0.25) is 5.02 Å². The number of halogens is 4. The van der Waals surface area contributed by atoms with E-state index in [0.29, 0.717) is 21.3 Å². The highest BCUT2D eigenvalue weighted by Crippen LogP contribution is 2.31. The minimum absolute atomic E-state index is 0.287. The van der Waals surface area contributed by atoms with Crippen LogP contribution in [0.4, 0.5) is 13.2 Å². The van der Waals surface area contributed by atoms with Gasteiger partial charge in [0.15, 0.2) is 0 Å². The predicted molar refractivity (Wildman–Crippen MR) is 97.5 cm³/mol. The minimum atomic E-state index is -4.39. The maximum Gasteiger partial charge on any atom is 0.416 e. The molecule has 0 unspecified atom stereocenters. The van der Waals surface area contributed by atoms with Crippen LogP contribution in [0, 0.1) is 11.3 Å². The van der Waals surface area contributed by atoms with Crippen LogP contribution in [0.1, 0.15) is 16.1 Å². The Kier molecular flexibility index (Phi) is 5.12. The Morgan fingerprint density at radius 1 is 1.08 bits per heavy atom. The second-order valence-corrected chi connectivity index (χ2v) is 6.63. The van der Waals surface area contributed by atoms with Crippen LogP contribution < -0.4 is 0 Å². The van der Waals surface area contributed by atoms with E-state index in [1.807, 2.05) is 17.5 Å². The molecule has 3 aromatic rings. The second-order valence-electron chi connectivity index (χ2n) is 5.33. The van der Waals surface area contributed by atoms with E-state index in [9.17, 15) is 18.4 Å². The first-order valence-electron chi connectivity index (χ1n) is 7.38. The van der Waals surface area contributed by atoms with Crippen molar-refractivity contribution in [1.82, 2.24) is 4.98 Å². The Morgan fingerprint density at radius 2 is 1.73 bits per heavy atom. The molecular formula is C19H10ClF3N2S. The molecule has 1 aromatic heterocycles. The molecule has 130 valence electrons. The molecule has 0 radical (unpaired) electrons. The summed E-state index contributed by atoms with van der Waals surface area (Å²) >= 11 is 7.16. The average molecular weight is 391 g/mol. The molecule has 0 N–H and O–H groups in total. The lowest BCUT2D eigenvalue weighted by atomic mass is 10.1. The molecule has 0 aliphatic carbocycles. The molecule has 0 bridgehead atoms. The van der Waals surface area contributed by atoms with Gasteiger partial charge in [-0.05, 0) is 35.9 Å². The monoisotopic (exact) mass is 390 g/mol. The molecule has 0 amide bonds. The Bertz CT molecular complexity index is 981. The van der Waals surface area contributed by atoms with Crippen molar-refractivity contribution >= 4 is 34.6 Å². The molecular weight excluding hydrogens is 381 g/mol. The summed E-state index contributed by atoms with van der Waals surface area (Å²) in [5, 5.41) is 12.3. The van der Waals surface area contributed by atoms with Crippen LogP contribution in [-0.4, -0.2) is 4.98 Å². The zero-order valence-electron chi connectivity index (χ0n) is 13.1. The molecule has 1 heterocycles. The average Bonchev–Trinajstić information content (AvgIpc) is 3.10. The van der Waals surface area contributed by atoms with Crippen molar-refractivity contribution in [1.29, 1.82) is 5.26 Å². The molecule has 0 fully saturated rings. The van der Waals surface area contributed by atoms with Crippen molar-refractivity contribution in [2.45, 2.75) is 6.18 Å².